The van der Waals surface area contributed by atoms with Crippen LogP contribution in [-0.2, 0) is 14.3 Å². The third-order valence-corrected chi connectivity index (χ3v) is 1.56. The van der Waals surface area contributed by atoms with E-state index in [2.05, 4.69) is 5.32 Å². The SMILES string of the molecule is CCOC(=O)CCCNC/C=C/C(=O)O. The Morgan fingerprint density at radius 3 is 2.80 bits per heavy atom. The molecule has 0 aliphatic carbocycles. The van der Waals surface area contributed by atoms with E-state index in [1.54, 1.807) is 6.92 Å². The molecule has 5 heteroatoms. The van der Waals surface area contributed by atoms with Gasteiger partial charge in [0.15, 0.2) is 0 Å². The number of carbonyl (C=O) groups excluding carboxylic acids is 1. The number of carboxylic acids is 1. The Kier molecular flexibility index (Phi) is 8.37. The van der Waals surface area contributed by atoms with Gasteiger partial charge in [0.25, 0.3) is 0 Å². The molecular weight excluding hydrogens is 198 g/mol. The first-order chi connectivity index (χ1) is 7.16. The number of rotatable bonds is 8. The van der Waals surface area contributed by atoms with Gasteiger partial charge in [0.05, 0.1) is 6.61 Å². The van der Waals surface area contributed by atoms with Gasteiger partial charge in [-0.15, -0.1) is 0 Å². The Morgan fingerprint density at radius 2 is 2.20 bits per heavy atom. The molecule has 0 atom stereocenters. The smallest absolute Gasteiger partial charge is 0.328 e. The molecule has 15 heavy (non-hydrogen) atoms. The first-order valence-electron chi connectivity index (χ1n) is 4.92. The van der Waals surface area contributed by atoms with Crippen molar-refractivity contribution in [2.24, 2.45) is 0 Å². The number of hydrogen-bond donors (Lipinski definition) is 2. The summed E-state index contributed by atoms with van der Waals surface area (Å²) in [6, 6.07) is 0. The fraction of sp³-hybridized carbons (Fsp3) is 0.600. The standard InChI is InChI=1S/C10H17NO4/c1-2-15-10(14)6-4-8-11-7-3-5-9(12)13/h3,5,11H,2,4,6-8H2,1H3,(H,12,13)/b5-3+. The molecule has 0 saturated carbocycles. The van der Waals surface area contributed by atoms with Gasteiger partial charge in [0.1, 0.15) is 0 Å². The zero-order chi connectivity index (χ0) is 11.5. The van der Waals surface area contributed by atoms with Crippen molar-refractivity contribution in [1.29, 1.82) is 0 Å². The maximum absolute atomic E-state index is 10.9. The van der Waals surface area contributed by atoms with E-state index in [1.165, 1.54) is 6.08 Å². The van der Waals surface area contributed by atoms with Crippen molar-refractivity contribution in [2.45, 2.75) is 19.8 Å². The van der Waals surface area contributed by atoms with Gasteiger partial charge in [-0.25, -0.2) is 4.79 Å². The summed E-state index contributed by atoms with van der Waals surface area (Å²) in [5, 5.41) is 11.3. The molecule has 0 aromatic rings. The van der Waals surface area contributed by atoms with E-state index in [-0.39, 0.29) is 5.97 Å². The molecule has 0 heterocycles. The van der Waals surface area contributed by atoms with Crippen LogP contribution in [0.3, 0.4) is 0 Å². The predicted octanol–water partition coefficient (Wildman–Crippen LogP) is 0.560. The highest BCUT2D eigenvalue weighted by atomic mass is 16.5. The van der Waals surface area contributed by atoms with Crippen molar-refractivity contribution >= 4 is 11.9 Å². The van der Waals surface area contributed by atoms with Gasteiger partial charge >= 0.3 is 11.9 Å². The van der Waals surface area contributed by atoms with E-state index >= 15 is 0 Å². The van der Waals surface area contributed by atoms with Crippen molar-refractivity contribution < 1.29 is 19.4 Å². The quantitative estimate of drug-likeness (QED) is 0.351. The Hall–Kier alpha value is -1.36. The number of carbonyl (C=O) groups is 2. The molecule has 0 unspecified atom stereocenters. The maximum Gasteiger partial charge on any atom is 0.328 e. The average Bonchev–Trinajstić information content (AvgIpc) is 2.16. The van der Waals surface area contributed by atoms with Crippen LogP contribution in [0.1, 0.15) is 19.8 Å². The summed E-state index contributed by atoms with van der Waals surface area (Å²) < 4.78 is 4.74. The monoisotopic (exact) mass is 215 g/mol. The number of esters is 1. The fourth-order valence-electron chi connectivity index (χ4n) is 0.936. The van der Waals surface area contributed by atoms with Crippen LogP contribution in [0.25, 0.3) is 0 Å². The zero-order valence-corrected chi connectivity index (χ0v) is 8.86. The maximum atomic E-state index is 10.9. The number of nitrogens with one attached hydrogen (secondary N) is 1. The van der Waals surface area contributed by atoms with Gasteiger partial charge in [0, 0.05) is 19.0 Å². The number of hydrogen-bond acceptors (Lipinski definition) is 4. The average molecular weight is 215 g/mol. The summed E-state index contributed by atoms with van der Waals surface area (Å²) in [7, 11) is 0. The summed E-state index contributed by atoms with van der Waals surface area (Å²) in [6.45, 7) is 3.35. The van der Waals surface area contributed by atoms with Crippen LogP contribution in [0.2, 0.25) is 0 Å². The molecule has 0 saturated heterocycles. The number of ether oxygens (including phenoxy) is 1. The Morgan fingerprint density at radius 1 is 1.47 bits per heavy atom. The Bertz CT molecular complexity index is 225. The normalized spacial score (nSPS) is 10.5. The minimum Gasteiger partial charge on any atom is -0.478 e. The van der Waals surface area contributed by atoms with Gasteiger partial charge < -0.3 is 15.2 Å². The molecule has 0 bridgehead atoms. The van der Waals surface area contributed by atoms with Crippen molar-refractivity contribution in [3.05, 3.63) is 12.2 Å². The van der Waals surface area contributed by atoms with Gasteiger partial charge in [-0.2, -0.15) is 0 Å². The topological polar surface area (TPSA) is 75.6 Å². The van der Waals surface area contributed by atoms with Crippen molar-refractivity contribution in [1.82, 2.24) is 5.32 Å². The third-order valence-electron chi connectivity index (χ3n) is 1.56. The summed E-state index contributed by atoms with van der Waals surface area (Å²) >= 11 is 0. The predicted molar refractivity (Wildman–Crippen MR) is 55.5 cm³/mol. The molecule has 0 aliphatic rings. The first kappa shape index (κ1) is 13.6. The van der Waals surface area contributed by atoms with Crippen LogP contribution in [0.4, 0.5) is 0 Å². The Balaban J connectivity index is 3.25. The van der Waals surface area contributed by atoms with Crippen LogP contribution in [0.15, 0.2) is 12.2 Å². The molecule has 0 aliphatic heterocycles. The van der Waals surface area contributed by atoms with Gasteiger partial charge in [-0.1, -0.05) is 6.08 Å². The van der Waals surface area contributed by atoms with Crippen molar-refractivity contribution in [2.75, 3.05) is 19.7 Å². The third kappa shape index (κ3) is 10.6. The molecule has 2 N–H and O–H groups in total. The van der Waals surface area contributed by atoms with Crippen LogP contribution >= 0.6 is 0 Å². The van der Waals surface area contributed by atoms with E-state index in [0.717, 1.165) is 6.08 Å². The van der Waals surface area contributed by atoms with E-state index in [9.17, 15) is 9.59 Å². The molecule has 0 aromatic heterocycles. The summed E-state index contributed by atoms with van der Waals surface area (Å²) in [5.74, 6) is -1.15. The largest absolute Gasteiger partial charge is 0.478 e. The molecule has 0 radical (unpaired) electrons. The van der Waals surface area contributed by atoms with Gasteiger partial charge in [-0.05, 0) is 19.9 Å². The summed E-state index contributed by atoms with van der Waals surface area (Å²) in [4.78, 5) is 21.0. The van der Waals surface area contributed by atoms with E-state index < -0.39 is 5.97 Å². The van der Waals surface area contributed by atoms with Gasteiger partial charge in [0.2, 0.25) is 0 Å². The zero-order valence-electron chi connectivity index (χ0n) is 8.86. The number of carboxylic acid groups (broad SMARTS) is 1. The lowest BCUT2D eigenvalue weighted by Crippen LogP contribution is -2.16. The second-order valence-corrected chi connectivity index (χ2v) is 2.85. The number of aliphatic carboxylic acids is 1. The van der Waals surface area contributed by atoms with Crippen molar-refractivity contribution in [3.8, 4) is 0 Å². The molecule has 0 spiro atoms. The lowest BCUT2D eigenvalue weighted by atomic mass is 10.3. The molecule has 86 valence electrons. The Labute approximate surface area is 89.1 Å². The highest BCUT2D eigenvalue weighted by Gasteiger charge is 1.99. The van der Waals surface area contributed by atoms with Crippen molar-refractivity contribution in [3.63, 3.8) is 0 Å². The van der Waals surface area contributed by atoms with Crippen LogP contribution < -0.4 is 5.32 Å². The molecule has 0 amide bonds. The van der Waals surface area contributed by atoms with Crippen LogP contribution in [0, 0.1) is 0 Å². The van der Waals surface area contributed by atoms with E-state index in [4.69, 9.17) is 9.84 Å². The fourth-order valence-corrected chi connectivity index (χ4v) is 0.936. The van der Waals surface area contributed by atoms with Crippen LogP contribution in [0.5, 0.6) is 0 Å². The van der Waals surface area contributed by atoms with E-state index in [0.29, 0.717) is 32.5 Å². The van der Waals surface area contributed by atoms with Gasteiger partial charge in [-0.3, -0.25) is 4.79 Å². The molecule has 5 nitrogen and oxygen atoms in total. The van der Waals surface area contributed by atoms with Crippen LogP contribution in [-0.4, -0.2) is 36.7 Å². The first-order valence-corrected chi connectivity index (χ1v) is 4.92. The molecule has 0 aromatic carbocycles. The summed E-state index contributed by atoms with van der Waals surface area (Å²) in [5.41, 5.74) is 0. The second-order valence-electron chi connectivity index (χ2n) is 2.85. The molecular formula is C10H17NO4. The molecule has 0 fully saturated rings. The highest BCUT2D eigenvalue weighted by Crippen LogP contribution is 1.90. The lowest BCUT2D eigenvalue weighted by molar-refractivity contribution is -0.143. The lowest BCUT2D eigenvalue weighted by Gasteiger charge is -2.01. The minimum absolute atomic E-state index is 0.194. The minimum atomic E-state index is -0.955. The summed E-state index contributed by atoms with van der Waals surface area (Å²) in [6.07, 6.45) is 3.69. The molecule has 0 rings (SSSR count). The second kappa shape index (κ2) is 9.21. The van der Waals surface area contributed by atoms with E-state index in [1.807, 2.05) is 0 Å². The highest BCUT2D eigenvalue weighted by molar-refractivity contribution is 5.79.